The maximum Gasteiger partial charge on any atom is 0.135 e. The smallest absolute Gasteiger partial charge is 0.135 e. The zero-order chi connectivity index (χ0) is 45.5. The van der Waals surface area contributed by atoms with Crippen LogP contribution in [0.2, 0.25) is 0 Å². The Labute approximate surface area is 363 Å². The molecule has 0 bridgehead atoms. The van der Waals surface area contributed by atoms with Gasteiger partial charge in [0.2, 0.25) is 0 Å². The van der Waals surface area contributed by atoms with Crippen LogP contribution in [0.25, 0.3) is 0 Å². The minimum absolute atomic E-state index is 0.0228. The molecule has 16 nitrogen and oxygen atoms in total. The lowest BCUT2D eigenvalue weighted by molar-refractivity contribution is -0.232. The van der Waals surface area contributed by atoms with E-state index >= 15 is 0 Å². The van der Waals surface area contributed by atoms with Crippen molar-refractivity contribution >= 4 is 0 Å². The van der Waals surface area contributed by atoms with Gasteiger partial charge in [-0.05, 0) is 81.9 Å². The first kappa shape index (κ1) is 42.5. The molecule has 3 aliphatic rings. The van der Waals surface area contributed by atoms with Gasteiger partial charge in [-0.3, -0.25) is 0 Å². The molecule has 64 heavy (non-hydrogen) atoms. The van der Waals surface area contributed by atoms with Gasteiger partial charge in [-0.15, -0.1) is 0 Å². The molecule has 0 aromatic heterocycles. The Morgan fingerprint density at radius 1 is 0.500 bits per heavy atom. The lowest BCUT2D eigenvalue weighted by Crippen LogP contribution is -2.55. The van der Waals surface area contributed by atoms with Crippen molar-refractivity contribution in [1.29, 1.82) is 0 Å². The molecular weight excluding hydrogens is 833 g/mol. The quantitative estimate of drug-likeness (QED) is 0.102. The molecule has 1 aliphatic carbocycles. The third-order valence-corrected chi connectivity index (χ3v) is 12.7. The maximum atomic E-state index is 13.2. The van der Waals surface area contributed by atoms with E-state index in [0.29, 0.717) is 16.7 Å². The predicted molar refractivity (Wildman–Crippen MR) is 224 cm³/mol. The molecule has 6 aromatic rings. The van der Waals surface area contributed by atoms with Gasteiger partial charge in [-0.25, -0.2) is 0 Å². The van der Waals surface area contributed by atoms with Crippen LogP contribution in [-0.2, 0) is 4.74 Å². The average Bonchev–Trinajstić information content (AvgIpc) is 3.58. The van der Waals surface area contributed by atoms with E-state index in [2.05, 4.69) is 0 Å². The van der Waals surface area contributed by atoms with Crippen molar-refractivity contribution in [2.45, 2.75) is 66.6 Å². The van der Waals surface area contributed by atoms with E-state index in [9.17, 15) is 71.5 Å². The van der Waals surface area contributed by atoms with Crippen molar-refractivity contribution in [3.8, 4) is 51.7 Å². The van der Waals surface area contributed by atoms with Crippen molar-refractivity contribution in [2.75, 3.05) is 6.61 Å². The Bertz CT molecular complexity index is 2720. The Hall–Kier alpha value is -6.76. The zero-order valence-corrected chi connectivity index (χ0v) is 33.5. The number of fused-ring (bicyclic) bond motifs is 2. The Kier molecular flexibility index (Phi) is 10.7. The molecule has 11 unspecified atom stereocenters. The molecule has 1 fully saturated rings. The number of phenols is 8. The highest BCUT2D eigenvalue weighted by Gasteiger charge is 2.51. The van der Waals surface area contributed by atoms with Crippen LogP contribution in [0.15, 0.2) is 103 Å². The average molecular weight is 877 g/mol. The number of aromatic hydroxyl groups is 8. The second-order valence-corrected chi connectivity index (χ2v) is 16.5. The molecule has 2 heterocycles. The second kappa shape index (κ2) is 16.1. The van der Waals surface area contributed by atoms with Crippen LogP contribution >= 0.6 is 0 Å². The lowest BCUT2D eigenvalue weighted by atomic mass is 9.74. The first-order valence-electron chi connectivity index (χ1n) is 20.3. The summed E-state index contributed by atoms with van der Waals surface area (Å²) in [5, 5.41) is 158. The molecule has 16 heteroatoms. The minimum Gasteiger partial charge on any atom is -0.508 e. The topological polar surface area (TPSA) is 302 Å². The number of rotatable bonds is 8. The molecule has 14 N–H and O–H groups in total. The highest BCUT2D eigenvalue weighted by atomic mass is 16.5. The van der Waals surface area contributed by atoms with E-state index in [1.807, 2.05) is 0 Å². The lowest BCUT2D eigenvalue weighted by Gasteiger charge is -2.41. The third kappa shape index (κ3) is 6.92. The van der Waals surface area contributed by atoms with Crippen LogP contribution in [0.4, 0.5) is 0 Å². The molecule has 0 radical (unpaired) electrons. The fourth-order valence-electron chi connectivity index (χ4n) is 9.86. The third-order valence-electron chi connectivity index (χ3n) is 12.7. The SMILES string of the molecule is OCC1OC(c2c(O)cc(O)cc2C(O)C(c2ccc(O)cc2)c2c(O)cc3c4c2C(O)C(c2ccc(O)cc2)c2c(O)cc(O)cc2C4C(c2ccc(O)cc2)O3)C(O)C(O)C1O. The minimum atomic E-state index is -2.00. The molecule has 1 saturated heterocycles. The number of aliphatic hydroxyl groups excluding tert-OH is 6. The molecule has 2 aliphatic heterocycles. The van der Waals surface area contributed by atoms with E-state index in [1.54, 1.807) is 12.1 Å². The van der Waals surface area contributed by atoms with Gasteiger partial charge in [0.05, 0.1) is 24.7 Å². The molecule has 0 spiro atoms. The summed E-state index contributed by atoms with van der Waals surface area (Å²) in [4.78, 5) is 0. The number of hydrogen-bond donors (Lipinski definition) is 14. The summed E-state index contributed by atoms with van der Waals surface area (Å²) in [5.74, 6) is -6.65. The van der Waals surface area contributed by atoms with E-state index in [-0.39, 0.29) is 67.7 Å². The fraction of sp³-hybridized carbons (Fsp3) is 0.250. The summed E-state index contributed by atoms with van der Waals surface area (Å²) in [6.45, 7) is -0.829. The van der Waals surface area contributed by atoms with Crippen LogP contribution < -0.4 is 4.74 Å². The first-order valence-corrected chi connectivity index (χ1v) is 20.3. The van der Waals surface area contributed by atoms with Crippen LogP contribution in [0.1, 0.15) is 97.8 Å². The van der Waals surface area contributed by atoms with Gasteiger partial charge in [-0.1, -0.05) is 36.4 Å². The maximum absolute atomic E-state index is 13.2. The predicted octanol–water partition coefficient (Wildman–Crippen LogP) is 4.16. The van der Waals surface area contributed by atoms with Crippen molar-refractivity contribution in [3.05, 3.63) is 159 Å². The standard InChI is InChI=1S/C48H44O16/c49-18-33-43(59)45(61)46(62)48(64-33)37-28(14-26(54)16-30(37)56)42(58)35(20-3-9-23(51)10-4-20)39-31(57)17-32-40-38(47(63-32)21-5-11-24(52)12-6-21)27-13-25(53)15-29(55)36(27)34(44(60)41(39)40)19-1-7-22(50)8-2-19/h1-17,33-35,38,42-62H,18H2. The first-order chi connectivity index (χ1) is 30.6. The van der Waals surface area contributed by atoms with E-state index in [4.69, 9.17) is 9.47 Å². The number of phenolic OH excluding ortho intramolecular Hbond substituents is 8. The van der Waals surface area contributed by atoms with Crippen LogP contribution in [0.3, 0.4) is 0 Å². The summed E-state index contributed by atoms with van der Waals surface area (Å²) in [6.07, 6.45) is -13.6. The number of hydrogen-bond acceptors (Lipinski definition) is 16. The number of ether oxygens (including phenoxy) is 2. The molecule has 9 rings (SSSR count). The summed E-state index contributed by atoms with van der Waals surface area (Å²) >= 11 is 0. The summed E-state index contributed by atoms with van der Waals surface area (Å²) in [7, 11) is 0. The molecular formula is C48H44O16. The Morgan fingerprint density at radius 2 is 1.06 bits per heavy atom. The zero-order valence-electron chi connectivity index (χ0n) is 33.5. The summed E-state index contributed by atoms with van der Waals surface area (Å²) in [5.41, 5.74) is 0.882. The molecule has 0 saturated carbocycles. The summed E-state index contributed by atoms with van der Waals surface area (Å²) < 4.78 is 12.4. The van der Waals surface area contributed by atoms with Gasteiger partial charge >= 0.3 is 0 Å². The fourth-order valence-corrected chi connectivity index (χ4v) is 9.86. The normalized spacial score (nSPS) is 25.7. The molecule has 11 atom stereocenters. The van der Waals surface area contributed by atoms with Gasteiger partial charge in [0.1, 0.15) is 88.4 Å². The van der Waals surface area contributed by atoms with Crippen molar-refractivity contribution in [3.63, 3.8) is 0 Å². The van der Waals surface area contributed by atoms with Gasteiger partial charge < -0.3 is 81.0 Å². The number of aliphatic hydroxyl groups is 6. The van der Waals surface area contributed by atoms with Gasteiger partial charge in [0.25, 0.3) is 0 Å². The van der Waals surface area contributed by atoms with Crippen molar-refractivity contribution < 1.29 is 81.0 Å². The highest BCUT2D eigenvalue weighted by Crippen LogP contribution is 2.63. The monoisotopic (exact) mass is 876 g/mol. The van der Waals surface area contributed by atoms with E-state index < -0.39 is 96.2 Å². The van der Waals surface area contributed by atoms with Gasteiger partial charge in [-0.2, -0.15) is 0 Å². The highest BCUT2D eigenvalue weighted by molar-refractivity contribution is 5.69. The van der Waals surface area contributed by atoms with E-state index in [0.717, 1.165) is 18.2 Å². The second-order valence-electron chi connectivity index (χ2n) is 16.5. The van der Waals surface area contributed by atoms with Crippen molar-refractivity contribution in [1.82, 2.24) is 0 Å². The summed E-state index contributed by atoms with van der Waals surface area (Å²) in [6, 6.07) is 23.1. The van der Waals surface area contributed by atoms with Crippen LogP contribution in [0.5, 0.6) is 51.7 Å². The van der Waals surface area contributed by atoms with Crippen LogP contribution in [-0.4, -0.2) is 103 Å². The molecule has 6 aromatic carbocycles. The van der Waals surface area contributed by atoms with E-state index in [1.165, 1.54) is 72.8 Å². The largest absolute Gasteiger partial charge is 0.508 e. The molecule has 0 amide bonds. The number of benzene rings is 6. The Morgan fingerprint density at radius 3 is 1.67 bits per heavy atom. The van der Waals surface area contributed by atoms with Gasteiger partial charge in [0, 0.05) is 52.3 Å². The molecule has 332 valence electrons. The Balaban J connectivity index is 1.35. The van der Waals surface area contributed by atoms with Crippen molar-refractivity contribution in [2.24, 2.45) is 0 Å². The van der Waals surface area contributed by atoms with Gasteiger partial charge in [0.15, 0.2) is 0 Å². The van der Waals surface area contributed by atoms with Crippen LogP contribution in [0, 0.1) is 0 Å².